The van der Waals surface area contributed by atoms with E-state index in [2.05, 4.69) is 16.0 Å². The van der Waals surface area contributed by atoms with Gasteiger partial charge in [-0.1, -0.05) is 12.1 Å². The van der Waals surface area contributed by atoms with Crippen molar-refractivity contribution >= 4 is 17.6 Å². The molecule has 3 N–H and O–H groups in total. The lowest BCUT2D eigenvalue weighted by molar-refractivity contribution is -0.137. The number of para-hydroxylation sites is 1. The van der Waals surface area contributed by atoms with Crippen molar-refractivity contribution in [3.05, 3.63) is 64.9 Å². The van der Waals surface area contributed by atoms with E-state index in [1.54, 1.807) is 18.2 Å². The zero-order valence-electron chi connectivity index (χ0n) is 16.9. The number of ether oxygens (including phenoxy) is 2. The van der Waals surface area contributed by atoms with Gasteiger partial charge in [-0.2, -0.15) is 13.2 Å². The van der Waals surface area contributed by atoms with Crippen LogP contribution in [0.25, 0.3) is 0 Å². The lowest BCUT2D eigenvalue weighted by atomic mass is 9.93. The smallest absolute Gasteiger partial charge is 0.418 e. The molecule has 0 aromatic heterocycles. The topological polar surface area (TPSA) is 88.7 Å². The normalized spacial score (nSPS) is 16.3. The summed E-state index contributed by atoms with van der Waals surface area (Å²) in [7, 11) is 2.87. The summed E-state index contributed by atoms with van der Waals surface area (Å²) in [4.78, 5) is 25.2. The molecule has 2 aromatic carbocycles. The fourth-order valence-corrected chi connectivity index (χ4v) is 3.32. The number of benzene rings is 2. The predicted molar refractivity (Wildman–Crippen MR) is 107 cm³/mol. The number of anilines is 1. The minimum Gasteiger partial charge on any atom is -0.497 e. The van der Waals surface area contributed by atoms with Crippen molar-refractivity contribution in [1.82, 2.24) is 10.6 Å². The number of carbonyl (C=O) groups is 2. The molecule has 1 aliphatic rings. The van der Waals surface area contributed by atoms with E-state index in [9.17, 15) is 22.8 Å². The number of carbonyl (C=O) groups excluding carboxylic acids is 2. The molecule has 0 saturated carbocycles. The maximum Gasteiger partial charge on any atom is 0.418 e. The highest BCUT2D eigenvalue weighted by atomic mass is 19.4. The maximum atomic E-state index is 13.3. The average Bonchev–Trinajstić information content (AvgIpc) is 2.72. The van der Waals surface area contributed by atoms with E-state index in [4.69, 9.17) is 9.47 Å². The molecule has 3 amide bonds. The molecule has 1 aliphatic heterocycles. The quantitative estimate of drug-likeness (QED) is 0.663. The van der Waals surface area contributed by atoms with Crippen LogP contribution >= 0.6 is 0 Å². The third-order valence-corrected chi connectivity index (χ3v) is 4.74. The first-order valence-electron chi connectivity index (χ1n) is 9.13. The van der Waals surface area contributed by atoms with Crippen molar-refractivity contribution in [3.8, 4) is 11.5 Å². The number of rotatable bonds is 5. The number of hydrogen-bond donors (Lipinski definition) is 3. The van der Waals surface area contributed by atoms with Crippen molar-refractivity contribution in [2.24, 2.45) is 0 Å². The number of urea groups is 1. The molecule has 7 nitrogen and oxygen atoms in total. The number of methoxy groups -OCH3 is 2. The highest BCUT2D eigenvalue weighted by Gasteiger charge is 2.36. The molecular weight excluding hydrogens is 415 g/mol. The van der Waals surface area contributed by atoms with E-state index < -0.39 is 35.4 Å². The van der Waals surface area contributed by atoms with Gasteiger partial charge in [-0.05, 0) is 37.3 Å². The van der Waals surface area contributed by atoms with Crippen LogP contribution in [0.3, 0.4) is 0 Å². The molecule has 2 aromatic rings. The molecule has 0 aliphatic carbocycles. The van der Waals surface area contributed by atoms with Crippen molar-refractivity contribution in [1.29, 1.82) is 0 Å². The van der Waals surface area contributed by atoms with Gasteiger partial charge in [0.15, 0.2) is 0 Å². The Labute approximate surface area is 176 Å². The lowest BCUT2D eigenvalue weighted by Gasteiger charge is -2.30. The van der Waals surface area contributed by atoms with E-state index in [1.807, 2.05) is 0 Å². The Kier molecular flexibility index (Phi) is 6.09. The summed E-state index contributed by atoms with van der Waals surface area (Å²) < 4.78 is 50.6. The van der Waals surface area contributed by atoms with Crippen LogP contribution in [-0.4, -0.2) is 26.2 Å². The Balaban J connectivity index is 2.05. The SMILES string of the molecule is COc1ccc(OC)c([C@@H]2NC(=O)NC(C)=C2C(=O)Nc2ccccc2C(F)(F)F)c1. The minimum absolute atomic E-state index is 0.0307. The molecule has 0 saturated heterocycles. The molecule has 1 atom stereocenters. The summed E-state index contributed by atoms with van der Waals surface area (Å²) in [5.74, 6) is 0.00164. The first-order valence-corrected chi connectivity index (χ1v) is 9.13. The fourth-order valence-electron chi connectivity index (χ4n) is 3.32. The third kappa shape index (κ3) is 4.57. The summed E-state index contributed by atoms with van der Waals surface area (Å²) in [5.41, 5.74) is -0.743. The molecule has 0 fully saturated rings. The van der Waals surface area contributed by atoms with Gasteiger partial charge in [-0.15, -0.1) is 0 Å². The van der Waals surface area contributed by atoms with Crippen molar-refractivity contribution in [2.45, 2.75) is 19.1 Å². The van der Waals surface area contributed by atoms with Gasteiger partial charge in [0.2, 0.25) is 0 Å². The predicted octanol–water partition coefficient (Wildman–Crippen LogP) is 3.99. The Bertz CT molecular complexity index is 1050. The molecule has 0 spiro atoms. The van der Waals surface area contributed by atoms with Crippen LogP contribution in [0.4, 0.5) is 23.7 Å². The van der Waals surface area contributed by atoms with Gasteiger partial charge < -0.3 is 25.4 Å². The number of halogens is 3. The van der Waals surface area contributed by atoms with Crippen LogP contribution in [-0.2, 0) is 11.0 Å². The zero-order valence-corrected chi connectivity index (χ0v) is 16.9. The van der Waals surface area contributed by atoms with Crippen molar-refractivity contribution in [2.75, 3.05) is 19.5 Å². The third-order valence-electron chi connectivity index (χ3n) is 4.74. The van der Waals surface area contributed by atoms with Crippen LogP contribution in [0.5, 0.6) is 11.5 Å². The van der Waals surface area contributed by atoms with Gasteiger partial charge >= 0.3 is 12.2 Å². The summed E-state index contributed by atoms with van der Waals surface area (Å²) in [6, 6.07) is 7.92. The van der Waals surface area contributed by atoms with Gasteiger partial charge in [0.25, 0.3) is 5.91 Å². The number of hydrogen-bond acceptors (Lipinski definition) is 4. The fraction of sp³-hybridized carbons (Fsp3) is 0.238. The van der Waals surface area contributed by atoms with E-state index in [-0.39, 0.29) is 11.3 Å². The second-order valence-electron chi connectivity index (χ2n) is 6.68. The zero-order chi connectivity index (χ0) is 22.8. The standard InChI is InChI=1S/C21H20F3N3O4/c1-11-17(19(28)26-15-7-5-4-6-14(15)21(22,23)24)18(27-20(29)25-11)13-10-12(30-2)8-9-16(13)31-3/h4-10,18H,1-3H3,(H,26,28)(H2,25,27,29)/t18-/m0/s1. The van der Waals surface area contributed by atoms with E-state index >= 15 is 0 Å². The summed E-state index contributed by atoms with van der Waals surface area (Å²) >= 11 is 0. The van der Waals surface area contributed by atoms with Crippen molar-refractivity contribution in [3.63, 3.8) is 0 Å². The molecule has 164 valence electrons. The number of allylic oxidation sites excluding steroid dienone is 1. The lowest BCUT2D eigenvalue weighted by Crippen LogP contribution is -2.46. The minimum atomic E-state index is -4.65. The van der Waals surface area contributed by atoms with Gasteiger partial charge in [-0.3, -0.25) is 4.79 Å². The van der Waals surface area contributed by atoms with Gasteiger partial charge in [-0.25, -0.2) is 4.79 Å². The average molecular weight is 435 g/mol. The largest absolute Gasteiger partial charge is 0.497 e. The highest BCUT2D eigenvalue weighted by Crippen LogP contribution is 2.38. The van der Waals surface area contributed by atoms with Crippen molar-refractivity contribution < 1.29 is 32.2 Å². The van der Waals surface area contributed by atoms with Crippen LogP contribution in [0, 0.1) is 0 Å². The molecule has 0 unspecified atom stereocenters. The van der Waals surface area contributed by atoms with E-state index in [1.165, 1.54) is 33.3 Å². The summed E-state index contributed by atoms with van der Waals surface area (Å²) in [6.45, 7) is 1.49. The number of amides is 3. The molecule has 3 rings (SSSR count). The molecular formula is C21H20F3N3O4. The Morgan fingerprint density at radius 3 is 2.45 bits per heavy atom. The van der Waals surface area contributed by atoms with Gasteiger partial charge in [0.1, 0.15) is 11.5 Å². The monoisotopic (exact) mass is 435 g/mol. The Morgan fingerprint density at radius 1 is 1.10 bits per heavy atom. The van der Waals surface area contributed by atoms with Gasteiger partial charge in [0, 0.05) is 11.3 Å². The highest BCUT2D eigenvalue weighted by molar-refractivity contribution is 6.07. The van der Waals surface area contributed by atoms with Gasteiger partial charge in [0.05, 0.1) is 37.1 Å². The molecule has 0 radical (unpaired) electrons. The van der Waals surface area contributed by atoms with E-state index in [0.29, 0.717) is 17.1 Å². The second kappa shape index (κ2) is 8.58. The first kappa shape index (κ1) is 22.0. The number of alkyl halides is 3. The Hall–Kier alpha value is -3.69. The van der Waals surface area contributed by atoms with E-state index in [0.717, 1.165) is 12.1 Å². The molecule has 1 heterocycles. The summed E-state index contributed by atoms with van der Waals surface area (Å²) in [6.07, 6.45) is -4.65. The second-order valence-corrected chi connectivity index (χ2v) is 6.68. The van der Waals surface area contributed by atoms with Crippen LogP contribution in [0.15, 0.2) is 53.7 Å². The van der Waals surface area contributed by atoms with Crippen LogP contribution in [0.1, 0.15) is 24.1 Å². The van der Waals surface area contributed by atoms with Crippen LogP contribution in [0.2, 0.25) is 0 Å². The molecule has 10 heteroatoms. The maximum absolute atomic E-state index is 13.3. The first-order chi connectivity index (χ1) is 14.7. The summed E-state index contributed by atoms with van der Waals surface area (Å²) in [5, 5.41) is 7.42. The molecule has 31 heavy (non-hydrogen) atoms. The Morgan fingerprint density at radius 2 is 1.81 bits per heavy atom. The van der Waals surface area contributed by atoms with Crippen LogP contribution < -0.4 is 25.4 Å². The molecule has 0 bridgehead atoms. The number of nitrogens with one attached hydrogen (secondary N) is 3.